The van der Waals surface area contributed by atoms with E-state index >= 15 is 0 Å². The van der Waals surface area contributed by atoms with Crippen molar-refractivity contribution in [1.29, 1.82) is 5.26 Å². The fourth-order valence-electron chi connectivity index (χ4n) is 5.70. The van der Waals surface area contributed by atoms with Crippen LogP contribution in [0.1, 0.15) is 76.1 Å². The molecule has 234 valence electrons. The maximum Gasteiger partial charge on any atom is 0.272 e. The van der Waals surface area contributed by atoms with Gasteiger partial charge in [0.05, 0.1) is 11.6 Å². The number of ether oxygens (including phenoxy) is 1. The fraction of sp³-hybridized carbons (Fsp3) is 0.417. The lowest BCUT2D eigenvalue weighted by Gasteiger charge is -2.32. The van der Waals surface area contributed by atoms with Crippen LogP contribution in [0.25, 0.3) is 0 Å². The number of carbonyl (C=O) groups excluding carboxylic acids is 3. The molecule has 6 rings (SSSR count). The second kappa shape index (κ2) is 15.4. The number of hydrogen-bond acceptors (Lipinski definition) is 7. The van der Waals surface area contributed by atoms with Crippen molar-refractivity contribution in [2.45, 2.75) is 64.1 Å². The van der Waals surface area contributed by atoms with Gasteiger partial charge >= 0.3 is 0 Å². The van der Waals surface area contributed by atoms with Gasteiger partial charge in [-0.05, 0) is 86.2 Å². The second-order valence-corrected chi connectivity index (χ2v) is 12.1. The van der Waals surface area contributed by atoms with Crippen LogP contribution >= 0.6 is 0 Å². The van der Waals surface area contributed by atoms with Crippen molar-refractivity contribution in [3.05, 3.63) is 94.8 Å². The Morgan fingerprint density at radius 1 is 0.933 bits per heavy atom. The van der Waals surface area contributed by atoms with Crippen LogP contribution in [-0.2, 0) is 11.3 Å². The number of nitriles is 1. The minimum absolute atomic E-state index is 0.0172. The van der Waals surface area contributed by atoms with Crippen LogP contribution in [-0.4, -0.2) is 71.2 Å². The molecule has 1 aromatic heterocycles. The Balaban J connectivity index is 0.000000194. The SMILES string of the molecule is Cc1ccc(C(=O)N2CCC(Oc3ccc(C(=O)C4CC4)cc3)CC2)nc1.N#Cc1ccc(CN2CCC(NC=O)CC2)cc1. The first-order valence-corrected chi connectivity index (χ1v) is 15.9. The molecule has 1 aliphatic carbocycles. The van der Waals surface area contributed by atoms with Crippen LogP contribution in [0.2, 0.25) is 0 Å². The first-order valence-electron chi connectivity index (χ1n) is 15.9. The number of nitrogens with one attached hydrogen (secondary N) is 1. The summed E-state index contributed by atoms with van der Waals surface area (Å²) in [5, 5.41) is 11.6. The molecule has 0 unspecified atom stereocenters. The number of likely N-dealkylation sites (tertiary alicyclic amines) is 2. The summed E-state index contributed by atoms with van der Waals surface area (Å²) < 4.78 is 6.05. The average molecular weight is 608 g/mol. The van der Waals surface area contributed by atoms with Crippen LogP contribution in [0.5, 0.6) is 5.75 Å². The lowest BCUT2D eigenvalue weighted by Crippen LogP contribution is -2.42. The van der Waals surface area contributed by atoms with Crippen molar-refractivity contribution < 1.29 is 19.1 Å². The summed E-state index contributed by atoms with van der Waals surface area (Å²) in [5.41, 5.74) is 4.25. The smallest absolute Gasteiger partial charge is 0.272 e. The molecular formula is C36H41N5O4. The Morgan fingerprint density at radius 3 is 2.20 bits per heavy atom. The number of piperidine rings is 2. The zero-order chi connectivity index (χ0) is 31.6. The summed E-state index contributed by atoms with van der Waals surface area (Å²) in [6.45, 7) is 6.21. The molecule has 45 heavy (non-hydrogen) atoms. The Hall–Kier alpha value is -4.55. The van der Waals surface area contributed by atoms with E-state index in [4.69, 9.17) is 10.00 Å². The Morgan fingerprint density at radius 2 is 1.62 bits per heavy atom. The molecule has 9 nitrogen and oxygen atoms in total. The lowest BCUT2D eigenvalue weighted by atomic mass is 10.0. The van der Waals surface area contributed by atoms with Gasteiger partial charge in [-0.25, -0.2) is 0 Å². The molecule has 3 aliphatic rings. The largest absolute Gasteiger partial charge is 0.490 e. The number of pyridine rings is 1. The van der Waals surface area contributed by atoms with Gasteiger partial charge in [-0.3, -0.25) is 24.3 Å². The first kappa shape index (κ1) is 31.9. The highest BCUT2D eigenvalue weighted by atomic mass is 16.5. The number of hydrogen-bond donors (Lipinski definition) is 1. The van der Waals surface area contributed by atoms with Gasteiger partial charge in [-0.1, -0.05) is 18.2 Å². The Kier molecular flexibility index (Phi) is 10.9. The molecule has 0 atom stereocenters. The third-order valence-corrected chi connectivity index (χ3v) is 8.63. The molecule has 0 bridgehead atoms. The number of ketones is 1. The van der Waals surface area contributed by atoms with Gasteiger partial charge in [0.1, 0.15) is 17.5 Å². The molecule has 2 aromatic carbocycles. The van der Waals surface area contributed by atoms with E-state index in [0.29, 0.717) is 30.4 Å². The maximum atomic E-state index is 12.5. The third kappa shape index (κ3) is 9.22. The molecule has 2 saturated heterocycles. The van der Waals surface area contributed by atoms with Gasteiger partial charge in [0.15, 0.2) is 5.78 Å². The number of aromatic nitrogens is 1. The number of benzene rings is 2. The van der Waals surface area contributed by atoms with Crippen LogP contribution < -0.4 is 10.1 Å². The highest BCUT2D eigenvalue weighted by molar-refractivity contribution is 5.99. The van der Waals surface area contributed by atoms with Gasteiger partial charge in [-0.2, -0.15) is 5.26 Å². The topological polar surface area (TPSA) is 116 Å². The molecule has 0 spiro atoms. The molecule has 3 heterocycles. The van der Waals surface area contributed by atoms with Gasteiger partial charge in [0.2, 0.25) is 6.41 Å². The lowest BCUT2D eigenvalue weighted by molar-refractivity contribution is -0.110. The molecule has 1 N–H and O–H groups in total. The average Bonchev–Trinajstić information content (AvgIpc) is 3.93. The van der Waals surface area contributed by atoms with E-state index < -0.39 is 0 Å². The van der Waals surface area contributed by atoms with E-state index in [9.17, 15) is 14.4 Å². The van der Waals surface area contributed by atoms with Gasteiger partial charge in [0.25, 0.3) is 5.91 Å². The van der Waals surface area contributed by atoms with Crippen molar-refractivity contribution in [2.24, 2.45) is 5.92 Å². The molecule has 0 radical (unpaired) electrons. The number of aryl methyl sites for hydroxylation is 1. The van der Waals surface area contributed by atoms with Crippen molar-refractivity contribution in [3.63, 3.8) is 0 Å². The van der Waals surface area contributed by atoms with E-state index in [2.05, 4.69) is 21.3 Å². The van der Waals surface area contributed by atoms with Crippen LogP contribution in [0, 0.1) is 24.2 Å². The predicted octanol–water partition coefficient (Wildman–Crippen LogP) is 4.94. The number of nitrogens with zero attached hydrogens (tertiary/aromatic N) is 4. The molecule has 1 saturated carbocycles. The van der Waals surface area contributed by atoms with Crippen LogP contribution in [0.3, 0.4) is 0 Å². The highest BCUT2D eigenvalue weighted by Crippen LogP contribution is 2.33. The van der Waals surface area contributed by atoms with E-state index in [0.717, 1.165) is 81.4 Å². The first-order chi connectivity index (χ1) is 21.9. The number of Topliss-reactive ketones (excluding diaryl/α,β-unsaturated/α-hetero) is 1. The van der Waals surface area contributed by atoms with E-state index in [1.165, 1.54) is 5.56 Å². The predicted molar refractivity (Wildman–Crippen MR) is 171 cm³/mol. The summed E-state index contributed by atoms with van der Waals surface area (Å²) in [4.78, 5) is 43.4. The van der Waals surface area contributed by atoms with Crippen molar-refractivity contribution in [1.82, 2.24) is 20.1 Å². The highest BCUT2D eigenvalue weighted by Gasteiger charge is 2.30. The minimum Gasteiger partial charge on any atom is -0.490 e. The Labute approximate surface area is 265 Å². The minimum atomic E-state index is -0.0172. The summed E-state index contributed by atoms with van der Waals surface area (Å²) in [7, 11) is 0. The van der Waals surface area contributed by atoms with E-state index in [1.54, 1.807) is 12.3 Å². The quantitative estimate of drug-likeness (QED) is 0.271. The van der Waals surface area contributed by atoms with Crippen molar-refractivity contribution in [2.75, 3.05) is 26.2 Å². The normalized spacial score (nSPS) is 17.4. The molecule has 9 heteroatoms. The summed E-state index contributed by atoms with van der Waals surface area (Å²) in [6, 6.07) is 21.4. The molecular weight excluding hydrogens is 566 g/mol. The van der Waals surface area contributed by atoms with Gasteiger partial charge in [-0.15, -0.1) is 0 Å². The van der Waals surface area contributed by atoms with Crippen molar-refractivity contribution >= 4 is 18.1 Å². The Bertz CT molecular complexity index is 1460. The third-order valence-electron chi connectivity index (χ3n) is 8.63. The molecule has 3 aromatic rings. The van der Waals surface area contributed by atoms with Crippen molar-refractivity contribution in [3.8, 4) is 11.8 Å². The number of amides is 2. The summed E-state index contributed by atoms with van der Waals surface area (Å²) in [6.07, 6.45) is 8.25. The van der Waals surface area contributed by atoms with E-state index in [1.807, 2.05) is 66.4 Å². The van der Waals surface area contributed by atoms with Gasteiger partial charge in [0, 0.05) is 69.3 Å². The van der Waals surface area contributed by atoms with Crippen LogP contribution in [0.15, 0.2) is 66.9 Å². The second-order valence-electron chi connectivity index (χ2n) is 12.1. The summed E-state index contributed by atoms with van der Waals surface area (Å²) in [5.74, 6) is 1.25. The molecule has 2 amide bonds. The van der Waals surface area contributed by atoms with Crippen LogP contribution in [0.4, 0.5) is 0 Å². The van der Waals surface area contributed by atoms with Gasteiger partial charge < -0.3 is 15.0 Å². The zero-order valence-electron chi connectivity index (χ0n) is 25.9. The zero-order valence-corrected chi connectivity index (χ0v) is 25.9. The molecule has 3 fully saturated rings. The molecule has 2 aliphatic heterocycles. The number of rotatable bonds is 9. The maximum absolute atomic E-state index is 12.5. The summed E-state index contributed by atoms with van der Waals surface area (Å²) >= 11 is 0. The monoisotopic (exact) mass is 607 g/mol. The fourth-order valence-corrected chi connectivity index (χ4v) is 5.70. The number of carbonyl (C=O) groups is 3. The standard InChI is InChI=1S/C22H24N2O3.C14H17N3O/c1-15-2-9-20(23-14-15)22(26)24-12-10-19(11-13-24)27-18-7-5-17(6-8-18)21(25)16-3-4-16;15-9-12-1-3-13(4-2-12)10-17-7-5-14(6-8-17)16-11-18/h2,5-9,14,16,19H,3-4,10-13H2,1H3;1-4,11,14H,5-8,10H2,(H,16,18). The van der Waals surface area contributed by atoms with E-state index in [-0.39, 0.29) is 23.7 Å².